The van der Waals surface area contributed by atoms with Crippen LogP contribution in [0.15, 0.2) is 64.1 Å². The maximum atomic E-state index is 13.7. The molecule has 1 aliphatic rings. The summed E-state index contributed by atoms with van der Waals surface area (Å²) in [5.74, 6) is 0.698. The van der Waals surface area contributed by atoms with E-state index in [2.05, 4.69) is 9.97 Å². The van der Waals surface area contributed by atoms with Gasteiger partial charge in [0.05, 0.1) is 30.2 Å². The van der Waals surface area contributed by atoms with Gasteiger partial charge in [0.15, 0.2) is 16.9 Å². The molecule has 2 aromatic heterocycles. The summed E-state index contributed by atoms with van der Waals surface area (Å²) in [6.45, 7) is 4.84. The van der Waals surface area contributed by atoms with E-state index >= 15 is 0 Å². The van der Waals surface area contributed by atoms with Crippen LogP contribution in [0.3, 0.4) is 0 Å². The second-order valence-corrected chi connectivity index (χ2v) is 8.37. The van der Waals surface area contributed by atoms with E-state index in [1.807, 2.05) is 13.8 Å². The molecule has 1 atom stereocenters. The van der Waals surface area contributed by atoms with Crippen LogP contribution in [-0.4, -0.2) is 29.1 Å². The predicted octanol–water partition coefficient (Wildman–Crippen LogP) is 5.17. The van der Waals surface area contributed by atoms with E-state index in [1.54, 1.807) is 42.5 Å². The normalized spacial score (nSPS) is 14.9. The van der Waals surface area contributed by atoms with Gasteiger partial charge in [-0.3, -0.25) is 14.5 Å². The Morgan fingerprint density at radius 3 is 2.57 bits per heavy atom. The number of rotatable bonds is 7. The first kappa shape index (κ1) is 22.9. The highest BCUT2D eigenvalue weighted by Gasteiger charge is 2.45. The van der Waals surface area contributed by atoms with E-state index in [0.717, 1.165) is 6.42 Å². The number of carbonyl (C=O) groups is 1. The van der Waals surface area contributed by atoms with Gasteiger partial charge in [0.1, 0.15) is 5.58 Å². The fourth-order valence-corrected chi connectivity index (χ4v) is 4.35. The number of aromatic nitrogens is 2. The van der Waals surface area contributed by atoms with E-state index in [4.69, 9.17) is 25.5 Å². The Labute approximate surface area is 206 Å². The summed E-state index contributed by atoms with van der Waals surface area (Å²) in [6, 6.07) is 10.9. The third-order valence-corrected chi connectivity index (χ3v) is 5.88. The third-order valence-electron chi connectivity index (χ3n) is 5.64. The first-order valence-electron chi connectivity index (χ1n) is 11.3. The zero-order chi connectivity index (χ0) is 24.5. The number of carbonyl (C=O) groups excluding carboxylic acids is 1. The van der Waals surface area contributed by atoms with Crippen molar-refractivity contribution >= 4 is 34.4 Å². The average Bonchev–Trinajstić information content (AvgIpc) is 3.17. The molecule has 5 rings (SSSR count). The van der Waals surface area contributed by atoms with Crippen LogP contribution in [0.1, 0.15) is 48.0 Å². The van der Waals surface area contributed by atoms with Gasteiger partial charge in [-0.15, -0.1) is 0 Å². The van der Waals surface area contributed by atoms with Gasteiger partial charge in [-0.25, -0.2) is 9.97 Å². The van der Waals surface area contributed by atoms with Crippen LogP contribution in [0, 0.1) is 0 Å². The maximum absolute atomic E-state index is 13.7. The van der Waals surface area contributed by atoms with Crippen LogP contribution in [0.4, 0.5) is 5.95 Å². The molecule has 0 saturated carbocycles. The Balaban J connectivity index is 1.75. The molecule has 0 fully saturated rings. The number of hydrogen-bond acceptors (Lipinski definition) is 7. The molecule has 1 aliphatic heterocycles. The van der Waals surface area contributed by atoms with Crippen LogP contribution in [0.5, 0.6) is 11.5 Å². The van der Waals surface area contributed by atoms with Crippen molar-refractivity contribution in [2.45, 2.75) is 26.3 Å². The molecule has 178 valence electrons. The number of fused-ring (bicyclic) bond motifs is 2. The summed E-state index contributed by atoms with van der Waals surface area (Å²) in [5.41, 5.74) is 0.761. The van der Waals surface area contributed by atoms with Gasteiger partial charge in [0.25, 0.3) is 5.91 Å². The van der Waals surface area contributed by atoms with Crippen molar-refractivity contribution in [3.05, 3.63) is 87.0 Å². The molecule has 9 heteroatoms. The molecule has 35 heavy (non-hydrogen) atoms. The smallest absolute Gasteiger partial charge is 0.297 e. The molecule has 0 bridgehead atoms. The van der Waals surface area contributed by atoms with Gasteiger partial charge in [0.2, 0.25) is 11.7 Å². The predicted molar refractivity (Wildman–Crippen MR) is 132 cm³/mol. The fourth-order valence-electron chi connectivity index (χ4n) is 4.18. The molecule has 2 aromatic carbocycles. The quantitative estimate of drug-likeness (QED) is 0.352. The fraction of sp³-hybridized carbons (Fsp3) is 0.231. The summed E-state index contributed by atoms with van der Waals surface area (Å²) in [5, 5.41) is 0.683. The second kappa shape index (κ2) is 9.38. The number of nitrogens with zero attached hydrogens (tertiary/aromatic N) is 3. The molecule has 0 radical (unpaired) electrons. The molecule has 1 amide bonds. The van der Waals surface area contributed by atoms with E-state index < -0.39 is 11.9 Å². The highest BCUT2D eigenvalue weighted by atomic mass is 35.5. The molecule has 0 saturated heterocycles. The zero-order valence-corrected chi connectivity index (χ0v) is 19.9. The Morgan fingerprint density at radius 2 is 1.83 bits per heavy atom. The van der Waals surface area contributed by atoms with Gasteiger partial charge < -0.3 is 13.9 Å². The standard InChI is InChI=1S/C26H22ClN3O5/c1-3-12-34-19-8-6-15(13-20(19)33-4-2)22-21-23(31)17-14-16(27)7-9-18(17)35-24(21)25(32)30(22)26-28-10-5-11-29-26/h5-11,13-14,22H,3-4,12H2,1-2H3. The Morgan fingerprint density at radius 1 is 1.03 bits per heavy atom. The number of hydrogen-bond donors (Lipinski definition) is 0. The second-order valence-electron chi connectivity index (χ2n) is 7.93. The van der Waals surface area contributed by atoms with Crippen molar-refractivity contribution in [1.29, 1.82) is 0 Å². The van der Waals surface area contributed by atoms with Crippen LogP contribution in [0.25, 0.3) is 11.0 Å². The molecule has 0 aliphatic carbocycles. The van der Waals surface area contributed by atoms with E-state index in [9.17, 15) is 9.59 Å². The van der Waals surface area contributed by atoms with E-state index in [1.165, 1.54) is 17.3 Å². The molecule has 8 nitrogen and oxygen atoms in total. The van der Waals surface area contributed by atoms with Crippen LogP contribution < -0.4 is 19.8 Å². The SMILES string of the molecule is CCCOc1ccc(C2c3c(oc4ccc(Cl)cc4c3=O)C(=O)N2c2ncccn2)cc1OCC. The minimum atomic E-state index is -0.834. The number of halogens is 1. The third kappa shape index (κ3) is 4.00. The molecular formula is C26H22ClN3O5. The highest BCUT2D eigenvalue weighted by Crippen LogP contribution is 2.42. The lowest BCUT2D eigenvalue weighted by Gasteiger charge is -2.24. The summed E-state index contributed by atoms with van der Waals surface area (Å²) < 4.78 is 17.6. The minimum Gasteiger partial charge on any atom is -0.490 e. The molecule has 1 unspecified atom stereocenters. The van der Waals surface area contributed by atoms with Crippen molar-refractivity contribution in [3.63, 3.8) is 0 Å². The lowest BCUT2D eigenvalue weighted by molar-refractivity contribution is 0.0969. The van der Waals surface area contributed by atoms with Crippen LogP contribution >= 0.6 is 11.6 Å². The Kier molecular flexibility index (Phi) is 6.13. The van der Waals surface area contributed by atoms with Gasteiger partial charge >= 0.3 is 0 Å². The van der Waals surface area contributed by atoms with Crippen LogP contribution in [-0.2, 0) is 0 Å². The monoisotopic (exact) mass is 491 g/mol. The van der Waals surface area contributed by atoms with Gasteiger partial charge in [-0.05, 0) is 55.3 Å². The van der Waals surface area contributed by atoms with Crippen molar-refractivity contribution in [2.75, 3.05) is 18.1 Å². The van der Waals surface area contributed by atoms with Crippen LogP contribution in [0.2, 0.25) is 5.02 Å². The number of anilines is 1. The van der Waals surface area contributed by atoms with Crippen molar-refractivity contribution in [3.8, 4) is 11.5 Å². The zero-order valence-electron chi connectivity index (χ0n) is 19.2. The lowest BCUT2D eigenvalue weighted by Crippen LogP contribution is -2.31. The molecule has 0 spiro atoms. The first-order valence-corrected chi connectivity index (χ1v) is 11.7. The maximum Gasteiger partial charge on any atom is 0.297 e. The summed E-state index contributed by atoms with van der Waals surface area (Å²) in [4.78, 5) is 37.2. The first-order chi connectivity index (χ1) is 17.0. The summed E-state index contributed by atoms with van der Waals surface area (Å²) in [6.07, 6.45) is 3.91. The van der Waals surface area contributed by atoms with Gasteiger partial charge in [-0.2, -0.15) is 0 Å². The summed E-state index contributed by atoms with van der Waals surface area (Å²) >= 11 is 6.15. The van der Waals surface area contributed by atoms with E-state index in [0.29, 0.717) is 35.3 Å². The molecule has 3 heterocycles. The number of amides is 1. The Hall–Kier alpha value is -3.91. The number of ether oxygens (including phenoxy) is 2. The van der Waals surface area contributed by atoms with Crippen molar-refractivity contribution in [2.24, 2.45) is 0 Å². The highest BCUT2D eigenvalue weighted by molar-refractivity contribution is 6.31. The van der Waals surface area contributed by atoms with Crippen molar-refractivity contribution < 1.29 is 18.7 Å². The van der Waals surface area contributed by atoms with Crippen molar-refractivity contribution in [1.82, 2.24) is 9.97 Å². The topological polar surface area (TPSA) is 94.8 Å². The van der Waals surface area contributed by atoms with Gasteiger partial charge in [-0.1, -0.05) is 24.6 Å². The molecular weight excluding hydrogens is 470 g/mol. The molecule has 4 aromatic rings. The molecule has 0 N–H and O–H groups in total. The van der Waals surface area contributed by atoms with E-state index in [-0.39, 0.29) is 33.7 Å². The average molecular weight is 492 g/mol. The Bertz CT molecular complexity index is 1470. The largest absolute Gasteiger partial charge is 0.490 e. The number of benzene rings is 2. The minimum absolute atomic E-state index is 0.0495. The lowest BCUT2D eigenvalue weighted by atomic mass is 9.98. The van der Waals surface area contributed by atoms with Gasteiger partial charge in [0, 0.05) is 17.4 Å². The summed E-state index contributed by atoms with van der Waals surface area (Å²) in [7, 11) is 0.